The average Bonchev–Trinajstić information content (AvgIpc) is 3.25. The second-order valence-corrected chi connectivity index (χ2v) is 5.37. The number of ketones is 1. The van der Waals surface area contributed by atoms with Crippen molar-refractivity contribution in [3.05, 3.63) is 47.5 Å². The standard InChI is InChI=1S/C16H17NO3/c1-11(18)9-10-16(12-7-8-12)14-6-4-3-5-13(14)15(19)17(16)20-2/h3-6,9-10,12H,7-8H2,1-2H3/b10-9+/t16-/m1/s1. The van der Waals surface area contributed by atoms with E-state index in [0.717, 1.165) is 18.4 Å². The van der Waals surface area contributed by atoms with E-state index < -0.39 is 5.54 Å². The zero-order valence-electron chi connectivity index (χ0n) is 11.6. The lowest BCUT2D eigenvalue weighted by molar-refractivity contribution is -0.150. The van der Waals surface area contributed by atoms with Crippen molar-refractivity contribution in [1.82, 2.24) is 5.06 Å². The SMILES string of the molecule is CON1C(=O)c2ccccc2[C@@]1(/C=C/C(C)=O)C1CC1. The Hall–Kier alpha value is -1.94. The summed E-state index contributed by atoms with van der Waals surface area (Å²) in [5.74, 6) is 0.145. The Morgan fingerprint density at radius 1 is 1.40 bits per heavy atom. The van der Waals surface area contributed by atoms with Gasteiger partial charge in [-0.2, -0.15) is 0 Å². The molecule has 1 atom stereocenters. The van der Waals surface area contributed by atoms with E-state index in [1.54, 1.807) is 6.08 Å². The van der Waals surface area contributed by atoms with Gasteiger partial charge in [0.15, 0.2) is 5.78 Å². The number of hydrogen-bond acceptors (Lipinski definition) is 3. The summed E-state index contributed by atoms with van der Waals surface area (Å²) in [7, 11) is 1.50. The maximum Gasteiger partial charge on any atom is 0.278 e. The molecule has 0 saturated heterocycles. The van der Waals surface area contributed by atoms with Crippen molar-refractivity contribution in [1.29, 1.82) is 0 Å². The van der Waals surface area contributed by atoms with Crippen molar-refractivity contribution in [3.63, 3.8) is 0 Å². The molecule has 1 heterocycles. The number of carbonyl (C=O) groups excluding carboxylic acids is 2. The molecular formula is C16H17NO3. The van der Waals surface area contributed by atoms with Gasteiger partial charge in [0.1, 0.15) is 5.54 Å². The highest BCUT2D eigenvalue weighted by Crippen LogP contribution is 2.54. The quantitative estimate of drug-likeness (QED) is 0.790. The molecule has 0 unspecified atom stereocenters. The lowest BCUT2D eigenvalue weighted by atomic mass is 9.85. The van der Waals surface area contributed by atoms with Gasteiger partial charge in [0, 0.05) is 5.56 Å². The molecule has 1 aliphatic heterocycles. The maximum atomic E-state index is 12.5. The maximum absolute atomic E-state index is 12.5. The summed E-state index contributed by atoms with van der Waals surface area (Å²) in [5.41, 5.74) is 0.968. The number of amides is 1. The first-order chi connectivity index (χ1) is 9.61. The van der Waals surface area contributed by atoms with Gasteiger partial charge in [-0.15, -0.1) is 0 Å². The van der Waals surface area contributed by atoms with Gasteiger partial charge in [-0.3, -0.25) is 14.4 Å². The first kappa shape index (κ1) is 13.1. The minimum Gasteiger partial charge on any atom is -0.295 e. The zero-order chi connectivity index (χ0) is 14.3. The summed E-state index contributed by atoms with van der Waals surface area (Å²) in [6.45, 7) is 1.51. The van der Waals surface area contributed by atoms with Gasteiger partial charge in [-0.25, -0.2) is 5.06 Å². The number of hydroxylamine groups is 2. The van der Waals surface area contributed by atoms with Crippen molar-refractivity contribution in [2.75, 3.05) is 7.11 Å². The van der Waals surface area contributed by atoms with Gasteiger partial charge in [-0.1, -0.05) is 18.2 Å². The fourth-order valence-corrected chi connectivity index (χ4v) is 3.09. The molecule has 4 heteroatoms. The second kappa shape index (κ2) is 4.56. The van der Waals surface area contributed by atoms with E-state index in [-0.39, 0.29) is 11.7 Å². The molecule has 0 spiro atoms. The topological polar surface area (TPSA) is 46.6 Å². The number of carbonyl (C=O) groups is 2. The predicted molar refractivity (Wildman–Crippen MR) is 73.8 cm³/mol. The van der Waals surface area contributed by atoms with Crippen LogP contribution < -0.4 is 0 Å². The molecule has 1 amide bonds. The van der Waals surface area contributed by atoms with Crippen LogP contribution in [-0.2, 0) is 15.2 Å². The van der Waals surface area contributed by atoms with Gasteiger partial charge in [0.2, 0.25) is 0 Å². The van der Waals surface area contributed by atoms with E-state index in [1.807, 2.05) is 30.3 Å². The second-order valence-electron chi connectivity index (χ2n) is 5.37. The van der Waals surface area contributed by atoms with Crippen LogP contribution in [0.25, 0.3) is 0 Å². The van der Waals surface area contributed by atoms with Crippen molar-refractivity contribution in [3.8, 4) is 0 Å². The van der Waals surface area contributed by atoms with Crippen molar-refractivity contribution in [2.45, 2.75) is 25.3 Å². The molecule has 1 fully saturated rings. The highest BCUT2D eigenvalue weighted by Gasteiger charge is 2.57. The zero-order valence-corrected chi connectivity index (χ0v) is 11.6. The summed E-state index contributed by atoms with van der Waals surface area (Å²) in [4.78, 5) is 29.2. The van der Waals surface area contributed by atoms with Crippen LogP contribution in [-0.4, -0.2) is 23.9 Å². The molecule has 3 rings (SSSR count). The summed E-state index contributed by atoms with van der Waals surface area (Å²) >= 11 is 0. The molecule has 4 nitrogen and oxygen atoms in total. The van der Waals surface area contributed by atoms with Crippen LogP contribution in [0.4, 0.5) is 0 Å². The molecule has 2 aliphatic rings. The normalized spacial score (nSPS) is 25.3. The summed E-state index contributed by atoms with van der Waals surface area (Å²) in [6, 6.07) is 7.54. The minimum atomic E-state index is -0.631. The fourth-order valence-electron chi connectivity index (χ4n) is 3.09. The molecule has 0 radical (unpaired) electrons. The van der Waals surface area contributed by atoms with E-state index >= 15 is 0 Å². The van der Waals surface area contributed by atoms with Crippen molar-refractivity contribution < 1.29 is 14.4 Å². The van der Waals surface area contributed by atoms with Crippen LogP contribution in [0.5, 0.6) is 0 Å². The molecule has 0 N–H and O–H groups in total. The Bertz CT molecular complexity index is 603. The molecule has 1 aliphatic carbocycles. The van der Waals surface area contributed by atoms with E-state index in [2.05, 4.69) is 0 Å². The lowest BCUT2D eigenvalue weighted by Gasteiger charge is -2.35. The molecule has 104 valence electrons. The third kappa shape index (κ3) is 1.72. The lowest BCUT2D eigenvalue weighted by Crippen LogP contribution is -2.43. The Kier molecular flexibility index (Phi) is 2.98. The van der Waals surface area contributed by atoms with Crippen molar-refractivity contribution >= 4 is 11.7 Å². The van der Waals surface area contributed by atoms with Crippen LogP contribution in [0, 0.1) is 5.92 Å². The fraction of sp³-hybridized carbons (Fsp3) is 0.375. The summed E-state index contributed by atoms with van der Waals surface area (Å²) in [6.07, 6.45) is 5.44. The van der Waals surface area contributed by atoms with E-state index in [0.29, 0.717) is 11.5 Å². The summed E-state index contributed by atoms with van der Waals surface area (Å²) in [5, 5.41) is 1.43. The highest BCUT2D eigenvalue weighted by molar-refractivity contribution is 6.00. The van der Waals surface area contributed by atoms with Crippen LogP contribution >= 0.6 is 0 Å². The molecule has 0 bridgehead atoms. The first-order valence-electron chi connectivity index (χ1n) is 6.79. The number of rotatable bonds is 4. The monoisotopic (exact) mass is 271 g/mol. The van der Waals surface area contributed by atoms with Gasteiger partial charge >= 0.3 is 0 Å². The minimum absolute atomic E-state index is 0.0297. The molecular weight excluding hydrogens is 254 g/mol. The number of fused-ring (bicyclic) bond motifs is 1. The average molecular weight is 271 g/mol. The third-order valence-electron chi connectivity index (χ3n) is 4.06. The number of hydrogen-bond donors (Lipinski definition) is 0. The third-order valence-corrected chi connectivity index (χ3v) is 4.06. The largest absolute Gasteiger partial charge is 0.295 e. The molecule has 1 aromatic rings. The van der Waals surface area contributed by atoms with Gasteiger partial charge < -0.3 is 0 Å². The number of nitrogens with zero attached hydrogens (tertiary/aromatic N) is 1. The number of benzene rings is 1. The predicted octanol–water partition coefficient (Wildman–Crippen LogP) is 2.45. The van der Waals surface area contributed by atoms with Crippen LogP contribution in [0.15, 0.2) is 36.4 Å². The van der Waals surface area contributed by atoms with Gasteiger partial charge in [0.25, 0.3) is 5.91 Å². The first-order valence-corrected chi connectivity index (χ1v) is 6.79. The van der Waals surface area contributed by atoms with E-state index in [1.165, 1.54) is 19.1 Å². The Morgan fingerprint density at radius 2 is 2.10 bits per heavy atom. The molecule has 1 saturated carbocycles. The van der Waals surface area contributed by atoms with Gasteiger partial charge in [-0.05, 0) is 49.5 Å². The highest BCUT2D eigenvalue weighted by atomic mass is 16.7. The molecule has 20 heavy (non-hydrogen) atoms. The summed E-state index contributed by atoms with van der Waals surface area (Å²) < 4.78 is 0. The van der Waals surface area contributed by atoms with E-state index in [4.69, 9.17) is 4.84 Å². The van der Waals surface area contributed by atoms with Crippen LogP contribution in [0.3, 0.4) is 0 Å². The van der Waals surface area contributed by atoms with Crippen LogP contribution in [0.1, 0.15) is 35.7 Å². The Labute approximate surface area is 118 Å². The van der Waals surface area contributed by atoms with Gasteiger partial charge in [0.05, 0.1) is 7.11 Å². The molecule has 1 aromatic carbocycles. The smallest absolute Gasteiger partial charge is 0.278 e. The molecule has 0 aromatic heterocycles. The number of allylic oxidation sites excluding steroid dienone is 1. The van der Waals surface area contributed by atoms with Crippen molar-refractivity contribution in [2.24, 2.45) is 5.92 Å². The Balaban J connectivity index is 2.20. The van der Waals surface area contributed by atoms with E-state index in [9.17, 15) is 9.59 Å². The van der Waals surface area contributed by atoms with Crippen LogP contribution in [0.2, 0.25) is 0 Å². The Morgan fingerprint density at radius 3 is 2.70 bits per heavy atom.